The minimum atomic E-state index is -1.56. The van der Waals surface area contributed by atoms with Crippen LogP contribution in [0.4, 0.5) is 5.69 Å². The number of hydrogen-bond donors (Lipinski definition) is 0. The Labute approximate surface area is 266 Å². The Balaban J connectivity index is 1.51. The van der Waals surface area contributed by atoms with Crippen LogP contribution in [0.25, 0.3) is 43.1 Å². The molecule has 0 aromatic heterocycles. The Morgan fingerprint density at radius 3 is 1.73 bits per heavy atom. The van der Waals surface area contributed by atoms with E-state index in [1.165, 1.54) is 10.3 Å². The summed E-state index contributed by atoms with van der Waals surface area (Å²) in [6, 6.07) is 25.0. The van der Waals surface area contributed by atoms with Crippen LogP contribution in [0.5, 0.6) is 0 Å². The summed E-state index contributed by atoms with van der Waals surface area (Å²) in [6.07, 6.45) is 0. The van der Waals surface area contributed by atoms with Gasteiger partial charge in [-0.3, -0.25) is 9.59 Å². The van der Waals surface area contributed by atoms with Crippen LogP contribution in [-0.2, 0) is 10.8 Å². The molecule has 1 aliphatic heterocycles. The normalized spacial score (nSPS) is 14.2. The van der Waals surface area contributed by atoms with Crippen molar-refractivity contribution in [2.75, 3.05) is 4.90 Å². The lowest BCUT2D eigenvalue weighted by Gasteiger charge is -2.34. The van der Waals surface area contributed by atoms with Gasteiger partial charge in [0.1, 0.15) is 8.07 Å². The monoisotopic (exact) mass is 605 g/mol. The minimum absolute atomic E-state index is 0.139. The number of amides is 2. The summed E-state index contributed by atoms with van der Waals surface area (Å²) in [6.45, 7) is 19.6. The number of nitrogens with zero attached hydrogens (tertiary/aromatic N) is 1. The SMILES string of the molecule is CC(C)(C)c1ccc(C(C)(C)C)c(N2C(=O)c3ccc4c5cccc6c(C#C[Si](C)(C)C)ccc(c7ccc(c3c47)C2=O)c65)c1. The van der Waals surface area contributed by atoms with Crippen molar-refractivity contribution in [3.8, 4) is 11.5 Å². The molecule has 7 rings (SSSR count). The van der Waals surface area contributed by atoms with Crippen molar-refractivity contribution < 1.29 is 9.59 Å². The van der Waals surface area contributed by atoms with Gasteiger partial charge in [-0.1, -0.05) is 116 Å². The van der Waals surface area contributed by atoms with Crippen LogP contribution in [0.1, 0.15) is 78.9 Å². The number of fused-ring (bicyclic) bond motifs is 2. The molecule has 0 unspecified atom stereocenters. The van der Waals surface area contributed by atoms with Gasteiger partial charge in [0.15, 0.2) is 0 Å². The van der Waals surface area contributed by atoms with Crippen molar-refractivity contribution in [3.05, 3.63) is 101 Å². The molecular formula is C41H39NO2Si. The lowest BCUT2D eigenvalue weighted by molar-refractivity contribution is 0.0893. The summed E-state index contributed by atoms with van der Waals surface area (Å²) < 4.78 is 0. The van der Waals surface area contributed by atoms with Crippen molar-refractivity contribution >= 4 is 68.7 Å². The summed E-state index contributed by atoms with van der Waals surface area (Å²) in [4.78, 5) is 30.4. The highest BCUT2D eigenvalue weighted by molar-refractivity contribution is 6.83. The second-order valence-electron chi connectivity index (χ2n) is 15.6. The first-order chi connectivity index (χ1) is 21.1. The molecule has 45 heavy (non-hydrogen) atoms. The molecule has 2 amide bonds. The van der Waals surface area contributed by atoms with Crippen molar-refractivity contribution in [1.29, 1.82) is 0 Å². The van der Waals surface area contributed by atoms with Crippen LogP contribution in [0.15, 0.2) is 72.8 Å². The van der Waals surface area contributed by atoms with Crippen LogP contribution in [-0.4, -0.2) is 19.9 Å². The molecule has 1 heterocycles. The highest BCUT2D eigenvalue weighted by Crippen LogP contribution is 2.46. The second kappa shape index (κ2) is 9.52. The minimum Gasteiger partial charge on any atom is -0.268 e. The number of carbonyl (C=O) groups is 2. The number of rotatable bonds is 1. The molecule has 0 N–H and O–H groups in total. The maximum absolute atomic E-state index is 14.5. The molecule has 4 heteroatoms. The topological polar surface area (TPSA) is 37.4 Å². The summed E-state index contributed by atoms with van der Waals surface area (Å²) >= 11 is 0. The van der Waals surface area contributed by atoms with E-state index in [9.17, 15) is 9.59 Å². The van der Waals surface area contributed by atoms with Gasteiger partial charge in [0.25, 0.3) is 11.8 Å². The van der Waals surface area contributed by atoms with E-state index in [1.54, 1.807) is 0 Å². The molecule has 0 aliphatic carbocycles. The summed E-state index contributed by atoms with van der Waals surface area (Å²) in [5.74, 6) is 2.95. The number of imide groups is 1. The van der Waals surface area contributed by atoms with E-state index in [4.69, 9.17) is 0 Å². The first kappa shape index (κ1) is 29.3. The summed E-state index contributed by atoms with van der Waals surface area (Å²) in [5.41, 5.74) is 8.04. The number of benzene rings is 6. The van der Waals surface area contributed by atoms with Gasteiger partial charge in [0.05, 0.1) is 5.69 Å². The molecule has 6 aromatic carbocycles. The third-order valence-electron chi connectivity index (χ3n) is 9.13. The maximum atomic E-state index is 14.5. The summed E-state index contributed by atoms with van der Waals surface area (Å²) in [5, 5.41) is 8.39. The molecular weight excluding hydrogens is 567 g/mol. The number of hydrogen-bond acceptors (Lipinski definition) is 2. The smallest absolute Gasteiger partial charge is 0.265 e. The molecule has 0 fully saturated rings. The fourth-order valence-corrected chi connectivity index (χ4v) is 7.40. The summed E-state index contributed by atoms with van der Waals surface area (Å²) in [7, 11) is -1.56. The van der Waals surface area contributed by atoms with Crippen LogP contribution < -0.4 is 4.90 Å². The van der Waals surface area contributed by atoms with Crippen molar-refractivity contribution in [1.82, 2.24) is 0 Å². The molecule has 0 bridgehead atoms. The van der Waals surface area contributed by atoms with Gasteiger partial charge >= 0.3 is 0 Å². The largest absolute Gasteiger partial charge is 0.268 e. The van der Waals surface area contributed by atoms with E-state index in [0.29, 0.717) is 16.8 Å². The van der Waals surface area contributed by atoms with Crippen molar-refractivity contribution in [2.24, 2.45) is 0 Å². The highest BCUT2D eigenvalue weighted by Gasteiger charge is 2.38. The Kier molecular flexibility index (Phi) is 6.19. The molecule has 3 nitrogen and oxygen atoms in total. The average Bonchev–Trinajstić information content (AvgIpc) is 2.96. The maximum Gasteiger partial charge on any atom is 0.265 e. The molecule has 6 aromatic rings. The van der Waals surface area contributed by atoms with Gasteiger partial charge in [-0.2, -0.15) is 0 Å². The Hall–Kier alpha value is -4.46. The lowest BCUT2D eigenvalue weighted by atomic mass is 9.80. The van der Waals surface area contributed by atoms with Gasteiger partial charge in [-0.05, 0) is 83.9 Å². The average molecular weight is 606 g/mol. The standard InChI is InChI=1S/C41H39NO2Si/c1-40(2,3)25-14-20-33(41(4,5)6)34(23-25)42-38(43)31-18-16-29-27-12-10-11-26-24(21-22-45(7,8)9)13-15-28(35(26)27)30-17-19-32(39(42)44)37(31)36(29)30/h10-20,23H,1-9H3. The molecule has 0 radical (unpaired) electrons. The molecule has 0 saturated carbocycles. The zero-order valence-electron chi connectivity index (χ0n) is 27.7. The fraction of sp³-hybridized carbons (Fsp3) is 0.268. The zero-order valence-corrected chi connectivity index (χ0v) is 28.7. The van der Waals surface area contributed by atoms with Gasteiger partial charge in [-0.25, -0.2) is 4.90 Å². The van der Waals surface area contributed by atoms with Gasteiger partial charge in [-0.15, -0.1) is 5.54 Å². The third kappa shape index (κ3) is 4.48. The molecule has 224 valence electrons. The van der Waals surface area contributed by atoms with Crippen LogP contribution in [0.2, 0.25) is 19.6 Å². The third-order valence-corrected chi connectivity index (χ3v) is 10.0. The zero-order chi connectivity index (χ0) is 32.2. The Bertz CT molecular complexity index is 2240. The predicted molar refractivity (Wildman–Crippen MR) is 193 cm³/mol. The quantitative estimate of drug-likeness (QED) is 0.0615. The molecule has 0 saturated heterocycles. The van der Waals surface area contributed by atoms with Gasteiger partial charge in [0, 0.05) is 22.1 Å². The molecule has 1 aliphatic rings. The number of anilines is 1. The lowest BCUT2D eigenvalue weighted by Crippen LogP contribution is -2.42. The van der Waals surface area contributed by atoms with E-state index in [2.05, 4.69) is 127 Å². The van der Waals surface area contributed by atoms with E-state index in [1.807, 2.05) is 18.2 Å². The van der Waals surface area contributed by atoms with Gasteiger partial charge < -0.3 is 0 Å². The first-order valence-electron chi connectivity index (χ1n) is 15.8. The Morgan fingerprint density at radius 1 is 0.600 bits per heavy atom. The van der Waals surface area contributed by atoms with Crippen molar-refractivity contribution in [2.45, 2.75) is 72.0 Å². The van der Waals surface area contributed by atoms with Crippen LogP contribution in [0, 0.1) is 11.5 Å². The van der Waals surface area contributed by atoms with Gasteiger partial charge in [0.2, 0.25) is 0 Å². The predicted octanol–water partition coefficient (Wildman–Crippen LogP) is 10.4. The molecule has 0 spiro atoms. The fourth-order valence-electron chi connectivity index (χ4n) is 6.89. The van der Waals surface area contributed by atoms with Crippen molar-refractivity contribution in [3.63, 3.8) is 0 Å². The first-order valence-corrected chi connectivity index (χ1v) is 19.3. The van der Waals surface area contributed by atoms with E-state index in [0.717, 1.165) is 54.4 Å². The van der Waals surface area contributed by atoms with E-state index >= 15 is 0 Å². The highest BCUT2D eigenvalue weighted by atomic mass is 28.3. The number of carbonyl (C=O) groups excluding carboxylic acids is 2. The van der Waals surface area contributed by atoms with Crippen LogP contribution in [0.3, 0.4) is 0 Å². The van der Waals surface area contributed by atoms with E-state index < -0.39 is 8.07 Å². The van der Waals surface area contributed by atoms with E-state index in [-0.39, 0.29) is 22.6 Å². The Morgan fingerprint density at radius 2 is 1.16 bits per heavy atom. The molecule has 0 atom stereocenters. The second-order valence-corrected chi connectivity index (χ2v) is 20.4. The van der Waals surface area contributed by atoms with Crippen LogP contribution >= 0.6 is 0 Å².